The van der Waals surface area contributed by atoms with E-state index in [4.69, 9.17) is 4.74 Å². The van der Waals surface area contributed by atoms with Crippen LogP contribution in [0.3, 0.4) is 0 Å². The Morgan fingerprint density at radius 1 is 1.44 bits per heavy atom. The van der Waals surface area contributed by atoms with E-state index in [9.17, 15) is 0 Å². The summed E-state index contributed by atoms with van der Waals surface area (Å²) in [4.78, 5) is 4.04. The van der Waals surface area contributed by atoms with Gasteiger partial charge in [-0.25, -0.2) is 0 Å². The quantitative estimate of drug-likeness (QED) is 0.879. The summed E-state index contributed by atoms with van der Waals surface area (Å²) < 4.78 is 7.21. The molecule has 5 nitrogen and oxygen atoms in total. The lowest BCUT2D eigenvalue weighted by Crippen LogP contribution is -2.17. The zero-order valence-electron chi connectivity index (χ0n) is 10.9. The molecule has 1 atom stereocenters. The SMILES string of the molecule is CCNC(C)c1cccc(Oc2ncn(C)n2)c1. The van der Waals surface area contributed by atoms with E-state index in [-0.39, 0.29) is 0 Å². The molecule has 0 saturated carbocycles. The first-order chi connectivity index (χ1) is 8.69. The Morgan fingerprint density at radius 3 is 2.94 bits per heavy atom. The minimum Gasteiger partial charge on any atom is -0.423 e. The number of aromatic nitrogens is 3. The second kappa shape index (κ2) is 5.64. The van der Waals surface area contributed by atoms with Gasteiger partial charge in [0.1, 0.15) is 12.1 Å². The number of ether oxygens (including phenoxy) is 1. The smallest absolute Gasteiger partial charge is 0.340 e. The molecule has 0 aliphatic heterocycles. The Hall–Kier alpha value is -1.88. The Bertz CT molecular complexity index is 509. The van der Waals surface area contributed by atoms with Gasteiger partial charge in [-0.2, -0.15) is 4.98 Å². The number of aryl methyl sites for hydroxylation is 1. The molecular formula is C13H18N4O. The van der Waals surface area contributed by atoms with Crippen LogP contribution in [0, 0.1) is 0 Å². The highest BCUT2D eigenvalue weighted by Crippen LogP contribution is 2.22. The molecule has 1 unspecified atom stereocenters. The van der Waals surface area contributed by atoms with Crippen molar-refractivity contribution in [2.45, 2.75) is 19.9 Å². The van der Waals surface area contributed by atoms with Gasteiger partial charge < -0.3 is 10.1 Å². The highest BCUT2D eigenvalue weighted by molar-refractivity contribution is 5.31. The van der Waals surface area contributed by atoms with Crippen molar-refractivity contribution in [1.82, 2.24) is 20.1 Å². The zero-order valence-corrected chi connectivity index (χ0v) is 10.9. The van der Waals surface area contributed by atoms with Crippen LogP contribution in [0.15, 0.2) is 30.6 Å². The number of benzene rings is 1. The zero-order chi connectivity index (χ0) is 13.0. The molecule has 1 heterocycles. The second-order valence-corrected chi connectivity index (χ2v) is 4.15. The van der Waals surface area contributed by atoms with E-state index in [0.29, 0.717) is 12.1 Å². The van der Waals surface area contributed by atoms with E-state index in [0.717, 1.165) is 12.3 Å². The summed E-state index contributed by atoms with van der Waals surface area (Å²) in [6.07, 6.45) is 1.61. The molecule has 5 heteroatoms. The van der Waals surface area contributed by atoms with E-state index in [1.807, 2.05) is 25.2 Å². The number of nitrogens with one attached hydrogen (secondary N) is 1. The molecule has 0 radical (unpaired) electrons. The molecule has 1 aromatic heterocycles. The van der Waals surface area contributed by atoms with Crippen molar-refractivity contribution in [1.29, 1.82) is 0 Å². The van der Waals surface area contributed by atoms with E-state index in [2.05, 4.69) is 35.3 Å². The third-order valence-corrected chi connectivity index (χ3v) is 2.66. The lowest BCUT2D eigenvalue weighted by atomic mass is 10.1. The molecule has 1 N–H and O–H groups in total. The fourth-order valence-corrected chi connectivity index (χ4v) is 1.74. The van der Waals surface area contributed by atoms with Crippen molar-refractivity contribution >= 4 is 0 Å². The van der Waals surface area contributed by atoms with Gasteiger partial charge in [0.15, 0.2) is 0 Å². The van der Waals surface area contributed by atoms with Crippen molar-refractivity contribution in [3.05, 3.63) is 36.2 Å². The molecule has 0 spiro atoms. The van der Waals surface area contributed by atoms with Crippen molar-refractivity contribution in [3.8, 4) is 11.8 Å². The van der Waals surface area contributed by atoms with Crippen LogP contribution in [0.2, 0.25) is 0 Å². The van der Waals surface area contributed by atoms with E-state index in [1.54, 1.807) is 11.0 Å². The number of nitrogens with zero attached hydrogens (tertiary/aromatic N) is 3. The van der Waals surface area contributed by atoms with E-state index >= 15 is 0 Å². The van der Waals surface area contributed by atoms with Gasteiger partial charge in [-0.3, -0.25) is 4.68 Å². The van der Waals surface area contributed by atoms with Gasteiger partial charge in [-0.1, -0.05) is 19.1 Å². The maximum Gasteiger partial charge on any atom is 0.340 e. The molecule has 0 fully saturated rings. The third kappa shape index (κ3) is 3.07. The highest BCUT2D eigenvalue weighted by Gasteiger charge is 2.06. The summed E-state index contributed by atoms with van der Waals surface area (Å²) in [5.74, 6) is 0.753. The normalized spacial score (nSPS) is 12.4. The monoisotopic (exact) mass is 246 g/mol. The fraction of sp³-hybridized carbons (Fsp3) is 0.385. The van der Waals surface area contributed by atoms with Gasteiger partial charge in [-0.05, 0) is 31.2 Å². The van der Waals surface area contributed by atoms with Gasteiger partial charge in [0.2, 0.25) is 0 Å². The van der Waals surface area contributed by atoms with Crippen LogP contribution in [0.25, 0.3) is 0 Å². The highest BCUT2D eigenvalue weighted by atomic mass is 16.5. The number of hydrogen-bond donors (Lipinski definition) is 1. The molecule has 0 aliphatic rings. The molecule has 0 aliphatic carbocycles. The Kier molecular flexibility index (Phi) is 3.94. The van der Waals surface area contributed by atoms with Gasteiger partial charge in [-0.15, -0.1) is 5.10 Å². The molecule has 0 saturated heterocycles. The Labute approximate surface area is 107 Å². The first-order valence-corrected chi connectivity index (χ1v) is 6.06. The van der Waals surface area contributed by atoms with Crippen LogP contribution < -0.4 is 10.1 Å². The number of rotatable bonds is 5. The van der Waals surface area contributed by atoms with Gasteiger partial charge in [0.25, 0.3) is 0 Å². The van der Waals surface area contributed by atoms with Crippen LogP contribution in [0.4, 0.5) is 0 Å². The Balaban J connectivity index is 2.12. The molecule has 1 aromatic carbocycles. The number of hydrogen-bond acceptors (Lipinski definition) is 4. The predicted octanol–water partition coefficient (Wildman–Crippen LogP) is 2.28. The standard InChI is InChI=1S/C13H18N4O/c1-4-14-10(2)11-6-5-7-12(8-11)18-13-15-9-17(3)16-13/h5-10,14H,4H2,1-3H3. The minimum absolute atomic E-state index is 0.301. The lowest BCUT2D eigenvalue weighted by Gasteiger charge is -2.13. The summed E-state index contributed by atoms with van der Waals surface area (Å²) in [7, 11) is 1.81. The molecule has 2 rings (SSSR count). The summed E-state index contributed by atoms with van der Waals surface area (Å²) in [5.41, 5.74) is 1.19. The average Bonchev–Trinajstić information content (AvgIpc) is 2.75. The topological polar surface area (TPSA) is 52.0 Å². The molecule has 0 bridgehead atoms. The fourth-order valence-electron chi connectivity index (χ4n) is 1.74. The van der Waals surface area contributed by atoms with Crippen molar-refractivity contribution in [2.75, 3.05) is 6.54 Å². The molecule has 96 valence electrons. The van der Waals surface area contributed by atoms with Gasteiger partial charge in [0, 0.05) is 13.1 Å². The predicted molar refractivity (Wildman–Crippen MR) is 69.6 cm³/mol. The molecule has 2 aromatic rings. The third-order valence-electron chi connectivity index (χ3n) is 2.66. The molecule has 18 heavy (non-hydrogen) atoms. The van der Waals surface area contributed by atoms with Gasteiger partial charge in [0.05, 0.1) is 0 Å². The summed E-state index contributed by atoms with van der Waals surface area (Å²) in [6, 6.07) is 8.62. The van der Waals surface area contributed by atoms with Crippen molar-refractivity contribution < 1.29 is 4.74 Å². The van der Waals surface area contributed by atoms with E-state index < -0.39 is 0 Å². The van der Waals surface area contributed by atoms with Crippen LogP contribution in [0.5, 0.6) is 11.8 Å². The summed E-state index contributed by atoms with van der Waals surface area (Å²) >= 11 is 0. The summed E-state index contributed by atoms with van der Waals surface area (Å²) in [5, 5.41) is 7.45. The van der Waals surface area contributed by atoms with Crippen LogP contribution in [-0.4, -0.2) is 21.3 Å². The maximum absolute atomic E-state index is 5.60. The van der Waals surface area contributed by atoms with Crippen molar-refractivity contribution in [2.24, 2.45) is 7.05 Å². The average molecular weight is 246 g/mol. The van der Waals surface area contributed by atoms with Gasteiger partial charge >= 0.3 is 6.01 Å². The summed E-state index contributed by atoms with van der Waals surface area (Å²) in [6.45, 7) is 5.16. The van der Waals surface area contributed by atoms with E-state index in [1.165, 1.54) is 5.56 Å². The molecular weight excluding hydrogens is 228 g/mol. The first-order valence-electron chi connectivity index (χ1n) is 6.06. The van der Waals surface area contributed by atoms with Crippen molar-refractivity contribution in [3.63, 3.8) is 0 Å². The maximum atomic E-state index is 5.60. The Morgan fingerprint density at radius 2 is 2.28 bits per heavy atom. The minimum atomic E-state index is 0.301. The largest absolute Gasteiger partial charge is 0.423 e. The van der Waals surface area contributed by atoms with Crippen LogP contribution in [-0.2, 0) is 7.05 Å². The first kappa shape index (κ1) is 12.6. The van der Waals surface area contributed by atoms with Crippen LogP contribution in [0.1, 0.15) is 25.5 Å². The lowest BCUT2D eigenvalue weighted by molar-refractivity contribution is 0.437. The second-order valence-electron chi connectivity index (χ2n) is 4.15. The molecule has 0 amide bonds. The van der Waals surface area contributed by atoms with Crippen LogP contribution >= 0.6 is 0 Å².